The molecule has 1 aromatic heterocycles. The largest absolute Gasteiger partial charge is 0.355 e. The minimum atomic E-state index is -2.49. The van der Waals surface area contributed by atoms with Gasteiger partial charge in [0.05, 0.1) is 9.89 Å². The van der Waals surface area contributed by atoms with Gasteiger partial charge < -0.3 is 4.90 Å². The van der Waals surface area contributed by atoms with Crippen molar-refractivity contribution in [3.05, 3.63) is 10.7 Å². The number of aromatic nitrogens is 2. The molecule has 1 aliphatic carbocycles. The Morgan fingerprint density at radius 1 is 1.47 bits per heavy atom. The average Bonchev–Trinajstić information content (AvgIpc) is 2.90. The number of hydrogen-bond acceptors (Lipinski definition) is 4. The van der Waals surface area contributed by atoms with Crippen molar-refractivity contribution in [1.29, 1.82) is 0 Å². The molecule has 2 heterocycles. The summed E-state index contributed by atoms with van der Waals surface area (Å²) < 4.78 is 27.8. The van der Waals surface area contributed by atoms with E-state index in [2.05, 4.69) is 25.9 Å². The summed E-state index contributed by atoms with van der Waals surface area (Å²) in [5.74, 6) is -1.76. The molecule has 0 N–H and O–H groups in total. The van der Waals surface area contributed by atoms with Crippen LogP contribution in [0.25, 0.3) is 0 Å². The molecule has 1 aromatic rings. The molecule has 1 saturated carbocycles. The zero-order valence-corrected chi connectivity index (χ0v) is 12.9. The molecule has 0 aromatic carbocycles. The molecule has 2 aliphatic rings. The first-order valence-corrected chi connectivity index (χ1v) is 8.19. The number of alkyl halides is 2. The highest BCUT2D eigenvalue weighted by atomic mass is 79.9. The van der Waals surface area contributed by atoms with Crippen LogP contribution in [-0.4, -0.2) is 35.2 Å². The zero-order chi connectivity index (χ0) is 13.7. The molecule has 19 heavy (non-hydrogen) atoms. The lowest BCUT2D eigenvalue weighted by atomic mass is 9.94. The third-order valence-electron chi connectivity index (χ3n) is 3.97. The van der Waals surface area contributed by atoms with E-state index in [9.17, 15) is 8.78 Å². The van der Waals surface area contributed by atoms with Gasteiger partial charge in [0, 0.05) is 25.7 Å². The van der Waals surface area contributed by atoms with E-state index in [1.165, 1.54) is 11.8 Å². The third kappa shape index (κ3) is 2.24. The van der Waals surface area contributed by atoms with Gasteiger partial charge in [-0.2, -0.15) is 0 Å². The molecular weight excluding hydrogens is 336 g/mol. The highest BCUT2D eigenvalue weighted by Gasteiger charge is 2.71. The molecule has 1 spiro atoms. The Bertz CT molecular complexity index is 514. The summed E-state index contributed by atoms with van der Waals surface area (Å²) in [4.78, 5) is 10.6. The number of piperidine rings is 1. The smallest absolute Gasteiger partial charge is 0.256 e. The van der Waals surface area contributed by atoms with Gasteiger partial charge in [-0.3, -0.25) is 0 Å². The second-order valence-corrected chi connectivity index (χ2v) is 6.84. The van der Waals surface area contributed by atoms with Crippen molar-refractivity contribution >= 4 is 33.5 Å². The summed E-state index contributed by atoms with van der Waals surface area (Å²) in [7, 11) is 0. The molecule has 0 radical (unpaired) electrons. The summed E-state index contributed by atoms with van der Waals surface area (Å²) in [6, 6.07) is 0. The highest BCUT2D eigenvalue weighted by Crippen LogP contribution is 2.64. The van der Waals surface area contributed by atoms with Gasteiger partial charge in [0.1, 0.15) is 5.82 Å². The van der Waals surface area contributed by atoms with E-state index in [0.717, 1.165) is 23.3 Å². The quantitative estimate of drug-likeness (QED) is 0.602. The molecule has 1 unspecified atom stereocenters. The second-order valence-electron chi connectivity index (χ2n) is 5.21. The van der Waals surface area contributed by atoms with Crippen molar-refractivity contribution in [2.45, 2.75) is 30.3 Å². The van der Waals surface area contributed by atoms with Gasteiger partial charge in [0.25, 0.3) is 5.92 Å². The van der Waals surface area contributed by atoms with Crippen molar-refractivity contribution in [3.8, 4) is 0 Å². The molecule has 1 aliphatic heterocycles. The van der Waals surface area contributed by atoms with E-state index >= 15 is 0 Å². The predicted molar refractivity (Wildman–Crippen MR) is 75.0 cm³/mol. The molecule has 3 rings (SSSR count). The molecule has 104 valence electrons. The second kappa shape index (κ2) is 4.55. The van der Waals surface area contributed by atoms with Crippen LogP contribution < -0.4 is 4.90 Å². The number of thioether (sulfide) groups is 1. The minimum absolute atomic E-state index is 0.0224. The van der Waals surface area contributed by atoms with Crippen molar-refractivity contribution in [3.63, 3.8) is 0 Å². The van der Waals surface area contributed by atoms with E-state index in [1.807, 2.05) is 11.2 Å². The number of hydrogen-bond donors (Lipinski definition) is 0. The fourth-order valence-corrected chi connectivity index (χ4v) is 3.58. The molecule has 2 fully saturated rings. The maximum absolute atomic E-state index is 13.5. The lowest BCUT2D eigenvalue weighted by Gasteiger charge is -2.34. The fraction of sp³-hybridized carbons (Fsp3) is 0.667. The Kier molecular flexibility index (Phi) is 3.24. The van der Waals surface area contributed by atoms with E-state index in [0.29, 0.717) is 18.1 Å². The first-order chi connectivity index (χ1) is 8.97. The van der Waals surface area contributed by atoms with Crippen LogP contribution in [0.2, 0.25) is 0 Å². The van der Waals surface area contributed by atoms with E-state index in [4.69, 9.17) is 0 Å². The topological polar surface area (TPSA) is 29.0 Å². The van der Waals surface area contributed by atoms with Crippen molar-refractivity contribution in [2.24, 2.45) is 5.41 Å². The minimum Gasteiger partial charge on any atom is -0.355 e. The Labute approximate surface area is 123 Å². The lowest BCUT2D eigenvalue weighted by molar-refractivity contribution is 0.0574. The van der Waals surface area contributed by atoms with Crippen LogP contribution in [0.15, 0.2) is 15.8 Å². The van der Waals surface area contributed by atoms with Crippen LogP contribution >= 0.6 is 27.7 Å². The SMILES string of the molecule is CSc1ncc(Br)c(N2CCCC3(C2)CC3(F)F)n1. The van der Waals surface area contributed by atoms with Gasteiger partial charge in [0.15, 0.2) is 5.16 Å². The van der Waals surface area contributed by atoms with Crippen LogP contribution in [0.3, 0.4) is 0 Å². The fourth-order valence-electron chi connectivity index (χ4n) is 2.80. The Morgan fingerprint density at radius 3 is 2.84 bits per heavy atom. The van der Waals surface area contributed by atoms with Crippen molar-refractivity contribution in [2.75, 3.05) is 24.2 Å². The Morgan fingerprint density at radius 2 is 2.21 bits per heavy atom. The number of halogens is 3. The van der Waals surface area contributed by atoms with Crippen LogP contribution in [0.4, 0.5) is 14.6 Å². The lowest BCUT2D eigenvalue weighted by Crippen LogP contribution is -2.39. The summed E-state index contributed by atoms with van der Waals surface area (Å²) in [5.41, 5.74) is -0.810. The molecular formula is C12H14BrF2N3S. The number of rotatable bonds is 2. The van der Waals surface area contributed by atoms with Gasteiger partial charge in [-0.15, -0.1) is 0 Å². The van der Waals surface area contributed by atoms with Crippen LogP contribution in [0.5, 0.6) is 0 Å². The summed E-state index contributed by atoms with van der Waals surface area (Å²) in [6.45, 7) is 1.17. The first kappa shape index (κ1) is 13.5. The average molecular weight is 350 g/mol. The predicted octanol–water partition coefficient (Wildman–Crippen LogP) is 3.59. The van der Waals surface area contributed by atoms with Crippen molar-refractivity contribution < 1.29 is 8.78 Å². The van der Waals surface area contributed by atoms with Crippen LogP contribution in [0, 0.1) is 5.41 Å². The Hall–Kier alpha value is -0.430. The summed E-state index contributed by atoms with van der Waals surface area (Å²) in [6.07, 6.45) is 5.03. The molecule has 1 saturated heterocycles. The van der Waals surface area contributed by atoms with E-state index in [-0.39, 0.29) is 6.42 Å². The van der Waals surface area contributed by atoms with Gasteiger partial charge in [-0.05, 0) is 35.0 Å². The monoisotopic (exact) mass is 349 g/mol. The molecule has 0 amide bonds. The van der Waals surface area contributed by atoms with E-state index < -0.39 is 11.3 Å². The molecule has 3 nitrogen and oxygen atoms in total. The normalized spacial score (nSPS) is 28.7. The maximum Gasteiger partial charge on any atom is 0.256 e. The summed E-state index contributed by atoms with van der Waals surface area (Å²) >= 11 is 4.87. The number of nitrogens with zero attached hydrogens (tertiary/aromatic N) is 3. The Balaban J connectivity index is 1.86. The standard InChI is InChI=1S/C12H14BrF2N3S/c1-19-10-16-5-8(13)9(17-10)18-4-2-3-11(7-18)6-12(11,14)15/h5H,2-4,6-7H2,1H3. The van der Waals surface area contributed by atoms with E-state index in [1.54, 1.807) is 6.20 Å². The molecule has 1 atom stereocenters. The maximum atomic E-state index is 13.5. The van der Waals surface area contributed by atoms with Gasteiger partial charge in [-0.25, -0.2) is 18.7 Å². The van der Waals surface area contributed by atoms with Gasteiger partial charge in [0.2, 0.25) is 0 Å². The van der Waals surface area contributed by atoms with Crippen molar-refractivity contribution in [1.82, 2.24) is 9.97 Å². The first-order valence-electron chi connectivity index (χ1n) is 6.17. The summed E-state index contributed by atoms with van der Waals surface area (Å²) in [5, 5.41) is 0.667. The zero-order valence-electron chi connectivity index (χ0n) is 10.5. The molecule has 7 heteroatoms. The number of anilines is 1. The molecule has 0 bridgehead atoms. The highest BCUT2D eigenvalue weighted by molar-refractivity contribution is 9.10. The van der Waals surface area contributed by atoms with Crippen LogP contribution in [-0.2, 0) is 0 Å². The van der Waals surface area contributed by atoms with Crippen LogP contribution in [0.1, 0.15) is 19.3 Å². The van der Waals surface area contributed by atoms with Gasteiger partial charge in [-0.1, -0.05) is 11.8 Å². The van der Waals surface area contributed by atoms with Gasteiger partial charge >= 0.3 is 0 Å². The third-order valence-corrected chi connectivity index (χ3v) is 5.10.